The van der Waals surface area contributed by atoms with Gasteiger partial charge in [-0.05, 0) is 41.0 Å². The van der Waals surface area contributed by atoms with E-state index in [1.54, 1.807) is 24.3 Å². The molecule has 5 N–H and O–H groups in total. The Morgan fingerprint density at radius 1 is 0.864 bits per heavy atom. The fraction of sp³-hybridized carbons (Fsp3) is 0.214. The van der Waals surface area contributed by atoms with Crippen LogP contribution in [0.2, 0.25) is 0 Å². The van der Waals surface area contributed by atoms with Crippen molar-refractivity contribution in [3.05, 3.63) is 90.0 Å². The summed E-state index contributed by atoms with van der Waals surface area (Å²) >= 11 is 0. The number of nitrogens with zero attached hydrogens (tertiary/aromatic N) is 2. The number of hydrogen-bond donors (Lipinski definition) is 5. The van der Waals surface area contributed by atoms with Gasteiger partial charge >= 0.3 is 20.4 Å². The minimum absolute atomic E-state index is 0.00896. The quantitative estimate of drug-likeness (QED) is 0.236. The van der Waals surface area contributed by atoms with Crippen LogP contribution in [0.5, 0.6) is 11.5 Å². The number of amides is 2. The number of phenols is 2. The molecule has 2 aliphatic rings. The van der Waals surface area contributed by atoms with Gasteiger partial charge in [0.25, 0.3) is 11.8 Å². The fourth-order valence-electron chi connectivity index (χ4n) is 4.53. The van der Waals surface area contributed by atoms with Crippen molar-refractivity contribution in [2.24, 2.45) is 0 Å². The zero-order valence-corrected chi connectivity index (χ0v) is 25.0. The molecule has 2 heterocycles. The molecule has 5 rings (SSSR count). The fourth-order valence-corrected chi connectivity index (χ4v) is 6.85. The third-order valence-corrected chi connectivity index (χ3v) is 9.47. The van der Waals surface area contributed by atoms with Crippen molar-refractivity contribution >= 4 is 49.7 Å². The maximum Gasteiger partial charge on any atom is 0.326 e. The molecule has 16 heteroatoms. The first kappa shape index (κ1) is 32.3. The van der Waals surface area contributed by atoms with E-state index in [9.17, 15) is 41.7 Å². The molecule has 2 unspecified atom stereocenters. The third kappa shape index (κ3) is 7.11. The van der Waals surface area contributed by atoms with Gasteiger partial charge in [-0.25, -0.2) is 18.1 Å². The minimum atomic E-state index is -3.99. The summed E-state index contributed by atoms with van der Waals surface area (Å²) in [7, 11) is -6.39. The molecule has 14 nitrogen and oxygen atoms in total. The summed E-state index contributed by atoms with van der Waals surface area (Å²) in [5, 5.41) is 30.5. The van der Waals surface area contributed by atoms with Crippen LogP contribution in [0.3, 0.4) is 0 Å². The summed E-state index contributed by atoms with van der Waals surface area (Å²) in [5.41, 5.74) is 2.08. The first-order valence-electron chi connectivity index (χ1n) is 13.0. The number of anilines is 2. The highest BCUT2D eigenvalue weighted by Gasteiger charge is 2.36. The average molecular weight is 647 g/mol. The van der Waals surface area contributed by atoms with Gasteiger partial charge in [-0.1, -0.05) is 55.1 Å². The number of ether oxygens (including phenoxy) is 1. The van der Waals surface area contributed by atoms with E-state index in [2.05, 4.69) is 6.58 Å². The summed E-state index contributed by atoms with van der Waals surface area (Å²) < 4.78 is 57.6. The van der Waals surface area contributed by atoms with Crippen LogP contribution in [0.1, 0.15) is 22.8 Å². The number of hydrogen-bond acceptors (Lipinski definition) is 10. The van der Waals surface area contributed by atoms with Crippen LogP contribution >= 0.6 is 0 Å². The molecule has 0 bridgehead atoms. The van der Waals surface area contributed by atoms with Gasteiger partial charge in [-0.3, -0.25) is 9.59 Å². The molecule has 2 amide bonds. The van der Waals surface area contributed by atoms with Crippen molar-refractivity contribution in [3.8, 4) is 11.5 Å². The van der Waals surface area contributed by atoms with Crippen molar-refractivity contribution < 1.29 is 46.5 Å². The number of nitrogens with one attached hydrogen (secondary N) is 2. The van der Waals surface area contributed by atoms with Gasteiger partial charge in [-0.15, -0.1) is 0 Å². The molecule has 3 aromatic rings. The molecule has 2 aliphatic heterocycles. The standard InChI is InChI=1S/C18H20N2O6S.C10H10N2O4S/c1-26-16(18(23)13-5-3-2-4-6-13)10-12-7-8-14(15(21)9-12)20-11-17(22)19-27(20,24)25;1-2-7-3-4-8(9(13)5-7)12-6-10(14)11-17(12,15)16/h2-9,16,18,21,23H,10-11H2,1H3,(H,19,22);2-5,13H,1,6H2,(H,11,14). The Labute approximate surface area is 254 Å². The van der Waals surface area contributed by atoms with Crippen LogP contribution in [0, 0.1) is 0 Å². The summed E-state index contributed by atoms with van der Waals surface area (Å²) in [6.45, 7) is 2.81. The van der Waals surface area contributed by atoms with Gasteiger partial charge in [0.15, 0.2) is 0 Å². The van der Waals surface area contributed by atoms with Gasteiger partial charge in [0, 0.05) is 13.5 Å². The summed E-state index contributed by atoms with van der Waals surface area (Å²) in [4.78, 5) is 22.4. The van der Waals surface area contributed by atoms with Crippen LogP contribution in [0.15, 0.2) is 73.3 Å². The molecule has 44 heavy (non-hydrogen) atoms. The second kappa shape index (κ2) is 12.9. The van der Waals surface area contributed by atoms with E-state index in [0.717, 1.165) is 8.61 Å². The van der Waals surface area contributed by atoms with Crippen LogP contribution in [-0.4, -0.2) is 70.3 Å². The zero-order chi connectivity index (χ0) is 32.2. The lowest BCUT2D eigenvalue weighted by molar-refractivity contribution is -0.118. The lowest BCUT2D eigenvalue weighted by Crippen LogP contribution is -2.29. The van der Waals surface area contributed by atoms with Crippen LogP contribution in [-0.2, 0) is 41.2 Å². The summed E-state index contributed by atoms with van der Waals surface area (Å²) in [6.07, 6.45) is 0.394. The van der Waals surface area contributed by atoms with Crippen LogP contribution in [0.25, 0.3) is 6.08 Å². The Morgan fingerprint density at radius 3 is 1.82 bits per heavy atom. The van der Waals surface area contributed by atoms with Gasteiger partial charge in [0.1, 0.15) is 30.7 Å². The monoisotopic (exact) mass is 646 g/mol. The van der Waals surface area contributed by atoms with Gasteiger partial charge < -0.3 is 20.1 Å². The predicted molar refractivity (Wildman–Crippen MR) is 161 cm³/mol. The van der Waals surface area contributed by atoms with E-state index in [1.165, 1.54) is 37.5 Å². The number of benzene rings is 3. The Morgan fingerprint density at radius 2 is 1.39 bits per heavy atom. The SMILES string of the molecule is C=Cc1ccc(N2CC(=O)NS2(=O)=O)c(O)c1.COC(Cc1ccc(N2CC(=O)NS2(=O)=O)c(O)c1)C(O)c1ccccc1. The molecule has 0 saturated carbocycles. The van der Waals surface area contributed by atoms with Gasteiger partial charge in [0.2, 0.25) is 0 Å². The number of aliphatic hydroxyl groups is 1. The van der Waals surface area contributed by atoms with Gasteiger partial charge in [0.05, 0.1) is 17.5 Å². The van der Waals surface area contributed by atoms with Crippen molar-refractivity contribution in [2.75, 3.05) is 28.8 Å². The maximum atomic E-state index is 11.9. The van der Waals surface area contributed by atoms with E-state index in [0.29, 0.717) is 23.1 Å². The predicted octanol–water partition coefficient (Wildman–Crippen LogP) is 1.08. The Kier molecular flexibility index (Phi) is 9.48. The number of phenolic OH excluding ortho intramolecular Hbond substituents is 2. The van der Waals surface area contributed by atoms with E-state index < -0.39 is 44.4 Å². The second-order valence-electron chi connectivity index (χ2n) is 9.68. The summed E-state index contributed by atoms with van der Waals surface area (Å²) in [5.74, 6) is -1.79. The molecule has 0 spiro atoms. The topological polar surface area (TPSA) is 203 Å². The zero-order valence-electron chi connectivity index (χ0n) is 23.3. The van der Waals surface area contributed by atoms with Crippen molar-refractivity contribution in [1.82, 2.24) is 9.44 Å². The smallest absolute Gasteiger partial charge is 0.326 e. The number of carbonyl (C=O) groups is 2. The van der Waals surface area contributed by atoms with Crippen molar-refractivity contribution in [2.45, 2.75) is 18.6 Å². The number of carbonyl (C=O) groups excluding carboxylic acids is 2. The number of aromatic hydroxyl groups is 2. The molecular weight excluding hydrogens is 616 g/mol. The largest absolute Gasteiger partial charge is 0.506 e. The Bertz CT molecular complexity index is 1780. The van der Waals surface area contributed by atoms with E-state index in [4.69, 9.17) is 4.74 Å². The van der Waals surface area contributed by atoms with E-state index >= 15 is 0 Å². The molecule has 234 valence electrons. The lowest BCUT2D eigenvalue weighted by Gasteiger charge is -2.23. The second-order valence-corrected chi connectivity index (χ2v) is 12.9. The molecule has 0 aromatic heterocycles. The highest BCUT2D eigenvalue weighted by Crippen LogP contribution is 2.33. The number of aliphatic hydroxyl groups excluding tert-OH is 1. The third-order valence-electron chi connectivity index (χ3n) is 6.69. The van der Waals surface area contributed by atoms with Crippen molar-refractivity contribution in [1.29, 1.82) is 0 Å². The lowest BCUT2D eigenvalue weighted by atomic mass is 9.98. The minimum Gasteiger partial charge on any atom is -0.506 e. The first-order chi connectivity index (χ1) is 20.8. The van der Waals surface area contributed by atoms with Crippen LogP contribution < -0.4 is 18.1 Å². The maximum absolute atomic E-state index is 11.9. The number of methoxy groups -OCH3 is 1. The molecule has 0 aliphatic carbocycles. The summed E-state index contributed by atoms with van der Waals surface area (Å²) in [6, 6.07) is 17.9. The molecule has 3 aromatic carbocycles. The Hall–Kier alpha value is -4.64. The molecule has 0 radical (unpaired) electrons. The van der Waals surface area contributed by atoms with E-state index in [1.807, 2.05) is 27.6 Å². The average Bonchev–Trinajstić information content (AvgIpc) is 3.42. The highest BCUT2D eigenvalue weighted by molar-refractivity contribution is 7.92. The molecule has 2 fully saturated rings. The first-order valence-corrected chi connectivity index (χ1v) is 15.8. The normalized spacial score (nSPS) is 18.0. The molecular formula is C28H30N4O10S2. The highest BCUT2D eigenvalue weighted by atomic mass is 32.2. The molecule has 2 saturated heterocycles. The van der Waals surface area contributed by atoms with Gasteiger partial charge in [-0.2, -0.15) is 16.8 Å². The van der Waals surface area contributed by atoms with E-state index in [-0.39, 0.29) is 36.0 Å². The van der Waals surface area contributed by atoms with Crippen LogP contribution in [0.4, 0.5) is 11.4 Å². The molecule has 2 atom stereocenters. The Balaban J connectivity index is 0.000000223. The van der Waals surface area contributed by atoms with Crippen molar-refractivity contribution in [3.63, 3.8) is 0 Å². The number of rotatable bonds is 8.